The first-order chi connectivity index (χ1) is 31.7. The summed E-state index contributed by atoms with van der Waals surface area (Å²) in [6.07, 6.45) is 0. The molecule has 0 bridgehead atoms. The number of thiophene rings is 1. The van der Waals surface area contributed by atoms with Gasteiger partial charge in [-0.25, -0.2) is 15.0 Å². The third kappa shape index (κ3) is 6.09. The molecule has 0 atom stereocenters. The first-order valence-corrected chi connectivity index (χ1v) is 22.3. The normalized spacial score (nSPS) is 11.8. The third-order valence-corrected chi connectivity index (χ3v) is 13.7. The predicted molar refractivity (Wildman–Crippen MR) is 268 cm³/mol. The van der Waals surface area contributed by atoms with Crippen LogP contribution in [0.1, 0.15) is 0 Å². The zero-order valence-electron chi connectivity index (χ0n) is 34.4. The van der Waals surface area contributed by atoms with Crippen LogP contribution in [0.2, 0.25) is 0 Å². The van der Waals surface area contributed by atoms with Gasteiger partial charge in [0, 0.05) is 58.8 Å². The van der Waals surface area contributed by atoms with Crippen molar-refractivity contribution in [2.45, 2.75) is 0 Å². The summed E-state index contributed by atoms with van der Waals surface area (Å²) in [6.45, 7) is 0. The van der Waals surface area contributed by atoms with Crippen LogP contribution in [0.15, 0.2) is 217 Å². The smallest absolute Gasteiger partial charge is 0.164 e. The van der Waals surface area contributed by atoms with E-state index in [1.54, 1.807) is 0 Å². The first kappa shape index (κ1) is 36.4. The van der Waals surface area contributed by atoms with Crippen LogP contribution in [0.3, 0.4) is 0 Å². The summed E-state index contributed by atoms with van der Waals surface area (Å²) in [5, 5.41) is 9.30. The van der Waals surface area contributed by atoms with Gasteiger partial charge in [-0.05, 0) is 86.3 Å². The van der Waals surface area contributed by atoms with Gasteiger partial charge >= 0.3 is 0 Å². The van der Waals surface area contributed by atoms with Gasteiger partial charge in [-0.3, -0.25) is 0 Å². The molecule has 0 unspecified atom stereocenters. The van der Waals surface area contributed by atoms with Gasteiger partial charge in [0.15, 0.2) is 17.5 Å². The summed E-state index contributed by atoms with van der Waals surface area (Å²) in [7, 11) is 0. The second kappa shape index (κ2) is 14.7. The molecule has 0 spiro atoms. The largest absolute Gasteiger partial charge is 0.455 e. The Morgan fingerprint density at radius 3 is 1.70 bits per heavy atom. The molecular formula is C59H35N3OS. The van der Waals surface area contributed by atoms with Crippen molar-refractivity contribution in [2.24, 2.45) is 0 Å². The number of nitrogens with zero attached hydrogens (tertiary/aromatic N) is 3. The van der Waals surface area contributed by atoms with Crippen LogP contribution in [0.4, 0.5) is 0 Å². The van der Waals surface area contributed by atoms with E-state index in [0.717, 1.165) is 82.6 Å². The van der Waals surface area contributed by atoms with Crippen molar-refractivity contribution in [3.63, 3.8) is 0 Å². The lowest BCUT2D eigenvalue weighted by atomic mass is 9.93. The van der Waals surface area contributed by atoms with E-state index in [1.807, 2.05) is 23.5 Å². The van der Waals surface area contributed by atoms with E-state index < -0.39 is 0 Å². The van der Waals surface area contributed by atoms with Gasteiger partial charge in [0.1, 0.15) is 11.2 Å². The van der Waals surface area contributed by atoms with E-state index >= 15 is 0 Å². The molecule has 0 aliphatic carbocycles. The second-order valence-electron chi connectivity index (χ2n) is 16.3. The van der Waals surface area contributed by atoms with Crippen LogP contribution in [0.5, 0.6) is 0 Å². The van der Waals surface area contributed by atoms with Crippen LogP contribution >= 0.6 is 11.3 Å². The van der Waals surface area contributed by atoms with E-state index in [9.17, 15) is 0 Å². The van der Waals surface area contributed by atoms with Gasteiger partial charge < -0.3 is 4.42 Å². The SMILES string of the molecule is c1ccc(-c2cccc(-c3nc(-c4ccc5ccccc5c4)nc(-c4ccc5ccc(-c6ccc(-c7cccc8c7sc7ccccc78)c7oc8ccccc8c67)cc5c4)n3)c2)cc1. The average Bonchev–Trinajstić information content (AvgIpc) is 3.95. The van der Waals surface area contributed by atoms with Crippen molar-refractivity contribution in [3.8, 4) is 67.5 Å². The monoisotopic (exact) mass is 833 g/mol. The van der Waals surface area contributed by atoms with Gasteiger partial charge in [-0.2, -0.15) is 0 Å². The number of rotatable bonds is 6. The fourth-order valence-corrected chi connectivity index (χ4v) is 10.6. The molecule has 0 aliphatic heterocycles. The van der Waals surface area contributed by atoms with Crippen molar-refractivity contribution in [2.75, 3.05) is 0 Å². The summed E-state index contributed by atoms with van der Waals surface area (Å²) in [5.41, 5.74) is 11.3. The van der Waals surface area contributed by atoms with Crippen molar-refractivity contribution >= 4 is 75.0 Å². The van der Waals surface area contributed by atoms with E-state index in [1.165, 1.54) is 31.1 Å². The van der Waals surface area contributed by atoms with E-state index in [0.29, 0.717) is 17.5 Å². The number of aromatic nitrogens is 3. The molecule has 64 heavy (non-hydrogen) atoms. The number of hydrogen-bond donors (Lipinski definition) is 0. The lowest BCUT2D eigenvalue weighted by Crippen LogP contribution is -2.00. The molecule has 0 fully saturated rings. The highest BCUT2D eigenvalue weighted by Gasteiger charge is 2.20. The second-order valence-corrected chi connectivity index (χ2v) is 17.4. The topological polar surface area (TPSA) is 51.8 Å². The Labute approximate surface area is 372 Å². The van der Waals surface area contributed by atoms with Crippen LogP contribution in [-0.2, 0) is 0 Å². The average molecular weight is 834 g/mol. The summed E-state index contributed by atoms with van der Waals surface area (Å²) in [4.78, 5) is 15.5. The standard InChI is InChI=1S/C59H35N3OS/c1-2-12-36(13-3-1)40-16-10-17-42(32-40)57-60-58(43-28-25-37-14-4-5-15-39(37)33-43)62-59(61-57)44-29-26-38-24-27-41(34-45(38)35-44)46-30-31-48(55-54(46)51-19-6-8-22-52(51)63-55)50-21-11-20-49-47-18-7-9-23-53(47)64-56(49)50/h1-35H. The molecule has 3 aromatic heterocycles. The fourth-order valence-electron chi connectivity index (χ4n) is 9.35. The summed E-state index contributed by atoms with van der Waals surface area (Å²) in [6, 6.07) is 75.1. The quantitative estimate of drug-likeness (QED) is 0.167. The van der Waals surface area contributed by atoms with Crippen LogP contribution in [0, 0.1) is 0 Å². The molecule has 0 saturated heterocycles. The van der Waals surface area contributed by atoms with Crippen molar-refractivity contribution in [1.29, 1.82) is 0 Å². The fraction of sp³-hybridized carbons (Fsp3) is 0. The van der Waals surface area contributed by atoms with Crippen LogP contribution in [0.25, 0.3) is 131 Å². The first-order valence-electron chi connectivity index (χ1n) is 21.5. The number of benzene rings is 10. The Hall–Kier alpha value is -8.25. The highest BCUT2D eigenvalue weighted by atomic mass is 32.1. The van der Waals surface area contributed by atoms with Gasteiger partial charge in [0.25, 0.3) is 0 Å². The molecule has 13 rings (SSSR count). The lowest BCUT2D eigenvalue weighted by Gasteiger charge is -2.12. The Morgan fingerprint density at radius 2 is 0.891 bits per heavy atom. The molecule has 13 aromatic rings. The Bertz CT molecular complexity index is 3980. The lowest BCUT2D eigenvalue weighted by molar-refractivity contribution is 0.670. The molecule has 5 heteroatoms. The van der Waals surface area contributed by atoms with E-state index in [2.05, 4.69) is 200 Å². The van der Waals surface area contributed by atoms with Crippen molar-refractivity contribution in [1.82, 2.24) is 15.0 Å². The maximum absolute atomic E-state index is 6.82. The minimum absolute atomic E-state index is 0.619. The van der Waals surface area contributed by atoms with Crippen LogP contribution < -0.4 is 0 Å². The minimum atomic E-state index is 0.619. The van der Waals surface area contributed by atoms with Gasteiger partial charge in [0.2, 0.25) is 0 Å². The number of hydrogen-bond acceptors (Lipinski definition) is 5. The Balaban J connectivity index is 0.963. The molecule has 3 heterocycles. The highest BCUT2D eigenvalue weighted by molar-refractivity contribution is 7.26. The molecule has 4 nitrogen and oxygen atoms in total. The zero-order chi connectivity index (χ0) is 42.1. The predicted octanol–water partition coefficient (Wildman–Crippen LogP) is 16.4. The summed E-state index contributed by atoms with van der Waals surface area (Å²) >= 11 is 1.84. The van der Waals surface area contributed by atoms with Crippen molar-refractivity contribution < 1.29 is 4.42 Å². The maximum Gasteiger partial charge on any atom is 0.164 e. The van der Waals surface area contributed by atoms with Crippen LogP contribution in [-0.4, -0.2) is 15.0 Å². The molecule has 0 N–H and O–H groups in total. The number of furan rings is 1. The van der Waals surface area contributed by atoms with E-state index in [-0.39, 0.29) is 0 Å². The summed E-state index contributed by atoms with van der Waals surface area (Å²) < 4.78 is 9.38. The molecule has 0 saturated carbocycles. The molecule has 0 amide bonds. The Morgan fingerprint density at radius 1 is 0.328 bits per heavy atom. The number of para-hydroxylation sites is 1. The van der Waals surface area contributed by atoms with Crippen molar-refractivity contribution in [3.05, 3.63) is 212 Å². The van der Waals surface area contributed by atoms with Gasteiger partial charge in [-0.1, -0.05) is 170 Å². The number of fused-ring (bicyclic) bond motifs is 8. The van der Waals surface area contributed by atoms with Gasteiger partial charge in [0.05, 0.1) is 0 Å². The minimum Gasteiger partial charge on any atom is -0.455 e. The summed E-state index contributed by atoms with van der Waals surface area (Å²) in [5.74, 6) is 1.87. The molecule has 10 aromatic carbocycles. The molecule has 298 valence electrons. The highest BCUT2D eigenvalue weighted by Crippen LogP contribution is 2.46. The van der Waals surface area contributed by atoms with Gasteiger partial charge in [-0.15, -0.1) is 11.3 Å². The molecule has 0 aliphatic rings. The zero-order valence-corrected chi connectivity index (χ0v) is 35.2. The third-order valence-electron chi connectivity index (χ3n) is 12.5. The maximum atomic E-state index is 6.82. The Kier molecular flexibility index (Phi) is 8.36. The molecule has 0 radical (unpaired) electrons. The van der Waals surface area contributed by atoms with E-state index in [4.69, 9.17) is 19.4 Å². The molecular weight excluding hydrogens is 799 g/mol.